The Morgan fingerprint density at radius 3 is 2.39 bits per heavy atom. The number of aromatic nitrogens is 1. The van der Waals surface area contributed by atoms with Crippen molar-refractivity contribution in [3.8, 4) is 0 Å². The molecule has 0 unspecified atom stereocenters. The van der Waals surface area contributed by atoms with Gasteiger partial charge in [-0.05, 0) is 30.3 Å². The zero-order chi connectivity index (χ0) is 13.1. The molecule has 0 aliphatic heterocycles. The number of aliphatic carboxylic acids is 1. The highest BCUT2D eigenvalue weighted by molar-refractivity contribution is 6.30. The summed E-state index contributed by atoms with van der Waals surface area (Å²) in [6.45, 7) is -0.159. The van der Waals surface area contributed by atoms with Crippen LogP contribution in [-0.4, -0.2) is 21.4 Å². The normalized spacial score (nSPS) is 10.3. The minimum absolute atomic E-state index is 0.157. The predicted molar refractivity (Wildman–Crippen MR) is 67.0 cm³/mol. The van der Waals surface area contributed by atoms with Crippen LogP contribution in [0, 0.1) is 0 Å². The van der Waals surface area contributed by atoms with Gasteiger partial charge in [0.1, 0.15) is 6.54 Å². The highest BCUT2D eigenvalue weighted by atomic mass is 35.5. The molecule has 2 aromatic rings. The van der Waals surface area contributed by atoms with E-state index in [1.54, 1.807) is 36.5 Å². The molecule has 18 heavy (non-hydrogen) atoms. The lowest BCUT2D eigenvalue weighted by Gasteiger charge is -1.99. The van der Waals surface area contributed by atoms with Crippen molar-refractivity contribution in [3.05, 3.63) is 58.9 Å². The number of benzene rings is 1. The number of carboxylic acids is 1. The molecule has 1 N–H and O–H groups in total. The summed E-state index contributed by atoms with van der Waals surface area (Å²) in [6, 6.07) is 8.16. The predicted octanol–water partition coefficient (Wildman–Crippen LogP) is 2.46. The average Bonchev–Trinajstić information content (AvgIpc) is 2.76. The van der Waals surface area contributed by atoms with Gasteiger partial charge >= 0.3 is 5.97 Å². The highest BCUT2D eigenvalue weighted by Gasteiger charge is 2.11. The Balaban J connectivity index is 2.21. The molecule has 0 atom stereocenters. The van der Waals surface area contributed by atoms with Crippen molar-refractivity contribution in [2.75, 3.05) is 0 Å². The number of nitrogens with zero attached hydrogens (tertiary/aromatic N) is 1. The van der Waals surface area contributed by atoms with Gasteiger partial charge in [0.25, 0.3) is 0 Å². The largest absolute Gasteiger partial charge is 0.480 e. The third kappa shape index (κ3) is 2.78. The smallest absolute Gasteiger partial charge is 0.323 e. The molecule has 1 aromatic carbocycles. The van der Waals surface area contributed by atoms with E-state index in [-0.39, 0.29) is 12.3 Å². The van der Waals surface area contributed by atoms with Crippen molar-refractivity contribution in [2.45, 2.75) is 6.54 Å². The molecule has 5 heteroatoms. The Hall–Kier alpha value is -2.07. The lowest BCUT2D eigenvalue weighted by atomic mass is 10.1. The molecule has 0 radical (unpaired) electrons. The molecule has 0 spiro atoms. The van der Waals surface area contributed by atoms with Crippen LogP contribution in [0.15, 0.2) is 42.7 Å². The van der Waals surface area contributed by atoms with Crippen LogP contribution in [-0.2, 0) is 11.3 Å². The first kappa shape index (κ1) is 12.4. The van der Waals surface area contributed by atoms with Gasteiger partial charge in [-0.25, -0.2) is 0 Å². The molecule has 0 aliphatic rings. The fourth-order valence-electron chi connectivity index (χ4n) is 1.60. The van der Waals surface area contributed by atoms with Gasteiger partial charge in [-0.15, -0.1) is 0 Å². The standard InChI is InChI=1S/C13H10ClNO3/c14-11-3-1-9(2-4-11)13(18)10-5-6-15(7-10)8-12(16)17/h1-7H,8H2,(H,16,17). The van der Waals surface area contributed by atoms with Crippen LogP contribution in [0.25, 0.3) is 0 Å². The number of carboxylic acid groups (broad SMARTS) is 1. The zero-order valence-electron chi connectivity index (χ0n) is 9.34. The first-order valence-electron chi connectivity index (χ1n) is 5.24. The van der Waals surface area contributed by atoms with Crippen LogP contribution in [0.5, 0.6) is 0 Å². The summed E-state index contributed by atoms with van der Waals surface area (Å²) in [4.78, 5) is 22.6. The van der Waals surface area contributed by atoms with Crippen molar-refractivity contribution in [3.63, 3.8) is 0 Å². The minimum Gasteiger partial charge on any atom is -0.480 e. The van der Waals surface area contributed by atoms with Gasteiger partial charge < -0.3 is 9.67 Å². The van der Waals surface area contributed by atoms with E-state index in [4.69, 9.17) is 16.7 Å². The third-order valence-electron chi connectivity index (χ3n) is 2.44. The van der Waals surface area contributed by atoms with Crippen molar-refractivity contribution in [2.24, 2.45) is 0 Å². The van der Waals surface area contributed by atoms with Crippen LogP contribution in [0.4, 0.5) is 0 Å². The van der Waals surface area contributed by atoms with Crippen molar-refractivity contribution >= 4 is 23.4 Å². The fourth-order valence-corrected chi connectivity index (χ4v) is 1.72. The maximum absolute atomic E-state index is 12.1. The SMILES string of the molecule is O=C(O)Cn1ccc(C(=O)c2ccc(Cl)cc2)c1. The maximum Gasteiger partial charge on any atom is 0.323 e. The van der Waals surface area contributed by atoms with E-state index < -0.39 is 5.97 Å². The third-order valence-corrected chi connectivity index (χ3v) is 2.69. The van der Waals surface area contributed by atoms with E-state index in [9.17, 15) is 9.59 Å². The molecule has 0 amide bonds. The zero-order valence-corrected chi connectivity index (χ0v) is 10.1. The van der Waals surface area contributed by atoms with E-state index in [1.165, 1.54) is 10.8 Å². The van der Waals surface area contributed by atoms with Crippen molar-refractivity contribution in [1.82, 2.24) is 4.57 Å². The van der Waals surface area contributed by atoms with Crippen LogP contribution < -0.4 is 0 Å². The molecule has 0 aliphatic carbocycles. The maximum atomic E-state index is 12.1. The van der Waals surface area contributed by atoms with E-state index in [0.717, 1.165) is 0 Å². The molecule has 1 aromatic heterocycles. The highest BCUT2D eigenvalue weighted by Crippen LogP contribution is 2.14. The molecule has 4 nitrogen and oxygen atoms in total. The average molecular weight is 264 g/mol. The number of halogens is 1. The molecule has 0 saturated heterocycles. The van der Waals surface area contributed by atoms with Crippen molar-refractivity contribution < 1.29 is 14.7 Å². The molecule has 0 fully saturated rings. The molecule has 2 rings (SSSR count). The first-order chi connectivity index (χ1) is 8.56. The van der Waals surface area contributed by atoms with E-state index in [1.807, 2.05) is 0 Å². The molecular weight excluding hydrogens is 254 g/mol. The van der Waals surface area contributed by atoms with Gasteiger partial charge in [-0.2, -0.15) is 0 Å². The topological polar surface area (TPSA) is 59.3 Å². The minimum atomic E-state index is -0.948. The summed E-state index contributed by atoms with van der Waals surface area (Å²) >= 11 is 5.74. The van der Waals surface area contributed by atoms with Crippen LogP contribution >= 0.6 is 11.6 Å². The lowest BCUT2D eigenvalue weighted by Crippen LogP contribution is -2.07. The van der Waals surface area contributed by atoms with Gasteiger partial charge in [-0.1, -0.05) is 11.6 Å². The molecule has 1 heterocycles. The van der Waals surface area contributed by atoms with Gasteiger partial charge in [0.15, 0.2) is 5.78 Å². The lowest BCUT2D eigenvalue weighted by molar-refractivity contribution is -0.137. The second-order valence-electron chi connectivity index (χ2n) is 3.80. The van der Waals surface area contributed by atoms with Gasteiger partial charge in [0.2, 0.25) is 0 Å². The summed E-state index contributed by atoms with van der Waals surface area (Å²) in [5.74, 6) is -1.10. The second kappa shape index (κ2) is 5.06. The summed E-state index contributed by atoms with van der Waals surface area (Å²) in [6.07, 6.45) is 3.09. The molecule has 0 saturated carbocycles. The Morgan fingerprint density at radius 1 is 1.11 bits per heavy atom. The Kier molecular flexibility index (Phi) is 3.48. The number of hydrogen-bond acceptors (Lipinski definition) is 2. The van der Waals surface area contributed by atoms with Gasteiger partial charge in [0.05, 0.1) is 0 Å². The summed E-state index contributed by atoms with van der Waals surface area (Å²) in [5, 5.41) is 9.21. The number of carbonyl (C=O) groups excluding carboxylic acids is 1. The first-order valence-corrected chi connectivity index (χ1v) is 5.62. The van der Waals surface area contributed by atoms with Crippen LogP contribution in [0.2, 0.25) is 5.02 Å². The summed E-state index contributed by atoms with van der Waals surface area (Å²) < 4.78 is 1.45. The number of carbonyl (C=O) groups is 2. The molecule has 92 valence electrons. The number of hydrogen-bond donors (Lipinski definition) is 1. The molecule has 0 bridgehead atoms. The Labute approximate surface area is 108 Å². The number of ketones is 1. The summed E-state index contributed by atoms with van der Waals surface area (Å²) in [7, 11) is 0. The van der Waals surface area contributed by atoms with Gasteiger partial charge in [-0.3, -0.25) is 9.59 Å². The second-order valence-corrected chi connectivity index (χ2v) is 4.24. The monoisotopic (exact) mass is 263 g/mol. The number of rotatable bonds is 4. The molecular formula is C13H10ClNO3. The van der Waals surface area contributed by atoms with Crippen LogP contribution in [0.1, 0.15) is 15.9 Å². The van der Waals surface area contributed by atoms with Gasteiger partial charge in [0, 0.05) is 28.5 Å². The van der Waals surface area contributed by atoms with Crippen LogP contribution in [0.3, 0.4) is 0 Å². The van der Waals surface area contributed by atoms with E-state index in [0.29, 0.717) is 16.1 Å². The quantitative estimate of drug-likeness (QED) is 0.862. The fraction of sp³-hybridized carbons (Fsp3) is 0.0769. The van der Waals surface area contributed by atoms with Crippen molar-refractivity contribution in [1.29, 1.82) is 0 Å². The summed E-state index contributed by atoms with van der Waals surface area (Å²) in [5.41, 5.74) is 0.978. The Morgan fingerprint density at radius 2 is 1.78 bits per heavy atom. The Bertz CT molecular complexity index is 587. The van der Waals surface area contributed by atoms with E-state index in [2.05, 4.69) is 0 Å². The van der Waals surface area contributed by atoms with E-state index >= 15 is 0 Å².